The van der Waals surface area contributed by atoms with Crippen molar-refractivity contribution < 1.29 is 42.7 Å². The summed E-state index contributed by atoms with van der Waals surface area (Å²) in [7, 11) is 0. The minimum Gasteiger partial charge on any atom is -0.449 e. The molecule has 1 unspecified atom stereocenters. The van der Waals surface area contributed by atoms with Gasteiger partial charge in [0.1, 0.15) is 6.61 Å². The van der Waals surface area contributed by atoms with Gasteiger partial charge < -0.3 is 43.2 Å². The average molecular weight is 588 g/mol. The fourth-order valence-electron chi connectivity index (χ4n) is 4.94. The molecule has 1 aliphatic heterocycles. The van der Waals surface area contributed by atoms with Gasteiger partial charge in [0.25, 0.3) is 0 Å². The molecule has 1 aliphatic carbocycles. The van der Waals surface area contributed by atoms with Crippen LogP contribution in [0.5, 0.6) is 0 Å². The zero-order valence-corrected chi connectivity index (χ0v) is 24.5. The lowest BCUT2D eigenvalue weighted by Crippen LogP contribution is -2.29. The van der Waals surface area contributed by atoms with E-state index in [0.29, 0.717) is 85.8 Å². The van der Waals surface area contributed by atoms with Gasteiger partial charge in [-0.05, 0) is 41.5 Å². The molecular weight excluding hydrogens is 542 g/mol. The lowest BCUT2D eigenvalue weighted by atomic mass is 9.98. The van der Waals surface area contributed by atoms with Crippen molar-refractivity contribution in [3.63, 3.8) is 0 Å². The topological polar surface area (TPSA) is 103 Å². The molecule has 1 N–H and O–H groups in total. The number of fused-ring (bicyclic) bond motifs is 3. The summed E-state index contributed by atoms with van der Waals surface area (Å²) in [6, 6.07) is 16.5. The third kappa shape index (κ3) is 11.3. The van der Waals surface area contributed by atoms with E-state index in [2.05, 4.69) is 29.6 Å². The van der Waals surface area contributed by atoms with Crippen LogP contribution in [-0.4, -0.2) is 105 Å². The van der Waals surface area contributed by atoms with Gasteiger partial charge in [-0.2, -0.15) is 0 Å². The Balaban J connectivity index is 0.883. The number of alkyl carbamates (subject to hydrolysis) is 1. The number of nitrogens with one attached hydrogen (secondary N) is 1. The molecule has 1 saturated heterocycles. The van der Waals surface area contributed by atoms with Gasteiger partial charge in [-0.25, -0.2) is 4.79 Å². The Morgan fingerprint density at radius 2 is 1.21 bits per heavy atom. The van der Waals surface area contributed by atoms with Crippen molar-refractivity contribution in [1.29, 1.82) is 0 Å². The highest BCUT2D eigenvalue weighted by molar-refractivity contribution is 5.79. The predicted octanol–water partition coefficient (Wildman–Crippen LogP) is 4.15. The van der Waals surface area contributed by atoms with Crippen LogP contribution in [0.2, 0.25) is 0 Å². The van der Waals surface area contributed by atoms with Crippen molar-refractivity contribution in [2.24, 2.45) is 0 Å². The molecule has 2 aliphatic rings. The summed E-state index contributed by atoms with van der Waals surface area (Å²) in [4.78, 5) is 12.2. The van der Waals surface area contributed by atoms with Gasteiger partial charge in [-0.15, -0.1) is 0 Å². The van der Waals surface area contributed by atoms with Crippen LogP contribution >= 0.6 is 0 Å². The largest absolute Gasteiger partial charge is 0.449 e. The molecule has 0 aromatic heterocycles. The lowest BCUT2D eigenvalue weighted by molar-refractivity contribution is -0.169. The molecule has 0 radical (unpaired) electrons. The van der Waals surface area contributed by atoms with Crippen LogP contribution in [0.25, 0.3) is 11.1 Å². The van der Waals surface area contributed by atoms with Crippen LogP contribution in [0, 0.1) is 0 Å². The maximum absolute atomic E-state index is 12.2. The van der Waals surface area contributed by atoms with Crippen molar-refractivity contribution >= 4 is 6.09 Å². The Labute approximate surface area is 248 Å². The lowest BCUT2D eigenvalue weighted by Gasteiger charge is -2.22. The van der Waals surface area contributed by atoms with E-state index in [9.17, 15) is 4.79 Å². The Morgan fingerprint density at radius 3 is 1.76 bits per heavy atom. The zero-order chi connectivity index (χ0) is 29.1. The quantitative estimate of drug-likeness (QED) is 0.216. The zero-order valence-electron chi connectivity index (χ0n) is 24.5. The molecule has 0 spiro atoms. The second-order valence-electron chi connectivity index (χ2n) is 9.98. The van der Waals surface area contributed by atoms with Crippen molar-refractivity contribution in [2.45, 2.75) is 31.5 Å². The number of hydrogen-bond acceptors (Lipinski definition) is 9. The molecule has 1 heterocycles. The Hall–Kier alpha value is -2.57. The number of hydrogen-bond donors (Lipinski definition) is 1. The molecule has 0 bridgehead atoms. The number of benzene rings is 2. The number of rotatable bonds is 21. The monoisotopic (exact) mass is 587 g/mol. The maximum Gasteiger partial charge on any atom is 0.407 e. The van der Waals surface area contributed by atoms with Crippen LogP contribution in [0.3, 0.4) is 0 Å². The first-order valence-electron chi connectivity index (χ1n) is 15.0. The Kier molecular flexibility index (Phi) is 15.1. The van der Waals surface area contributed by atoms with E-state index < -0.39 is 6.09 Å². The molecule has 10 nitrogen and oxygen atoms in total. The standard InChI is InChI=1S/C32H45NO9/c34-32(42-25-30-28-9-3-1-7-26(28)27-8-2-4-10-29(27)30)33-12-14-35-15-16-36-17-18-37-19-20-38-21-22-39-23-24-41-31-11-5-6-13-40-31/h1-4,7-10,30-31H,5-6,11-25H2,(H,33,34). The van der Waals surface area contributed by atoms with Crippen LogP contribution in [0.1, 0.15) is 36.3 Å². The first kappa shape index (κ1) is 32.3. The van der Waals surface area contributed by atoms with Crippen molar-refractivity contribution in [3.8, 4) is 11.1 Å². The van der Waals surface area contributed by atoms with Crippen LogP contribution in [-0.2, 0) is 37.9 Å². The second kappa shape index (κ2) is 19.6. The van der Waals surface area contributed by atoms with Gasteiger partial charge in [0.2, 0.25) is 0 Å². The van der Waals surface area contributed by atoms with Crippen LogP contribution in [0.4, 0.5) is 4.79 Å². The first-order chi connectivity index (χ1) is 20.8. The van der Waals surface area contributed by atoms with E-state index in [4.69, 9.17) is 37.9 Å². The molecule has 0 saturated carbocycles. The fourth-order valence-corrected chi connectivity index (χ4v) is 4.94. The van der Waals surface area contributed by atoms with Crippen LogP contribution < -0.4 is 5.32 Å². The molecule has 1 atom stereocenters. The molecule has 2 aromatic carbocycles. The summed E-state index contributed by atoms with van der Waals surface area (Å²) >= 11 is 0. The summed E-state index contributed by atoms with van der Waals surface area (Å²) in [5.74, 6) is 0.0466. The number of carbonyl (C=O) groups is 1. The minimum absolute atomic E-state index is 0.0466. The van der Waals surface area contributed by atoms with Crippen molar-refractivity contribution in [2.75, 3.05) is 92.4 Å². The van der Waals surface area contributed by atoms with Gasteiger partial charge in [0.05, 0.1) is 72.7 Å². The summed E-state index contributed by atoms with van der Waals surface area (Å²) < 4.78 is 44.1. The molecule has 1 amide bonds. The van der Waals surface area contributed by atoms with Crippen molar-refractivity contribution in [3.05, 3.63) is 59.7 Å². The third-order valence-corrected chi connectivity index (χ3v) is 7.02. The number of carbonyl (C=O) groups excluding carboxylic acids is 1. The average Bonchev–Trinajstić information content (AvgIpc) is 3.35. The smallest absolute Gasteiger partial charge is 0.407 e. The number of ether oxygens (including phenoxy) is 8. The summed E-state index contributed by atoms with van der Waals surface area (Å²) in [6.45, 7) is 6.84. The van der Waals surface area contributed by atoms with Gasteiger partial charge >= 0.3 is 6.09 Å². The highest BCUT2D eigenvalue weighted by atomic mass is 16.7. The number of amides is 1. The van der Waals surface area contributed by atoms with Gasteiger partial charge in [-0.1, -0.05) is 48.5 Å². The Morgan fingerprint density at radius 1 is 0.690 bits per heavy atom. The van der Waals surface area contributed by atoms with E-state index in [1.54, 1.807) is 0 Å². The molecule has 1 fully saturated rings. The summed E-state index contributed by atoms with van der Waals surface area (Å²) in [6.07, 6.45) is 2.73. The van der Waals surface area contributed by atoms with E-state index in [0.717, 1.165) is 25.9 Å². The van der Waals surface area contributed by atoms with Crippen LogP contribution in [0.15, 0.2) is 48.5 Å². The third-order valence-electron chi connectivity index (χ3n) is 7.02. The van der Waals surface area contributed by atoms with Gasteiger partial charge in [0, 0.05) is 19.1 Å². The molecular formula is C32H45NO9. The summed E-state index contributed by atoms with van der Waals surface area (Å²) in [5.41, 5.74) is 4.80. The maximum atomic E-state index is 12.2. The van der Waals surface area contributed by atoms with Crippen molar-refractivity contribution in [1.82, 2.24) is 5.32 Å². The first-order valence-corrected chi connectivity index (χ1v) is 15.0. The molecule has 2 aromatic rings. The van der Waals surface area contributed by atoms with E-state index in [-0.39, 0.29) is 12.2 Å². The Bertz CT molecular complexity index is 985. The van der Waals surface area contributed by atoms with Gasteiger partial charge in [0.15, 0.2) is 6.29 Å². The highest BCUT2D eigenvalue weighted by Crippen LogP contribution is 2.44. The minimum atomic E-state index is -0.444. The second-order valence-corrected chi connectivity index (χ2v) is 9.98. The molecule has 42 heavy (non-hydrogen) atoms. The predicted molar refractivity (Wildman–Crippen MR) is 157 cm³/mol. The molecule has 10 heteroatoms. The molecule has 4 rings (SSSR count). The SMILES string of the molecule is O=C(NCCOCCOCCOCCOCCOCCOC1CCCCO1)OCC1c2ccccc2-c2ccccc21. The fraction of sp³-hybridized carbons (Fsp3) is 0.594. The van der Waals surface area contributed by atoms with E-state index >= 15 is 0 Å². The van der Waals surface area contributed by atoms with E-state index in [1.807, 2.05) is 24.3 Å². The van der Waals surface area contributed by atoms with E-state index in [1.165, 1.54) is 22.3 Å². The summed E-state index contributed by atoms with van der Waals surface area (Å²) in [5, 5.41) is 2.74. The van der Waals surface area contributed by atoms with Gasteiger partial charge in [-0.3, -0.25) is 0 Å². The normalized spacial score (nSPS) is 16.2. The molecule has 232 valence electrons. The highest BCUT2D eigenvalue weighted by Gasteiger charge is 2.28.